The van der Waals surface area contributed by atoms with Crippen molar-refractivity contribution in [3.8, 4) is 5.69 Å². The van der Waals surface area contributed by atoms with Crippen LogP contribution in [0.15, 0.2) is 29.7 Å². The highest BCUT2D eigenvalue weighted by Crippen LogP contribution is 2.26. The number of nitrogens with zero attached hydrogens (tertiary/aromatic N) is 4. The number of thioether (sulfide) groups is 1. The molecule has 0 radical (unpaired) electrons. The first-order valence-corrected chi connectivity index (χ1v) is 7.70. The predicted molar refractivity (Wildman–Crippen MR) is 85.1 cm³/mol. The van der Waals surface area contributed by atoms with Crippen LogP contribution in [0.3, 0.4) is 0 Å². The lowest BCUT2D eigenvalue weighted by atomic mass is 10.2. The maximum atomic E-state index is 11.9. The minimum atomic E-state index is -0.233. The number of aryl methyl sites for hydroxylation is 1. The number of hydrogen-bond donors (Lipinski definition) is 0. The van der Waals surface area contributed by atoms with Crippen molar-refractivity contribution in [1.29, 1.82) is 0 Å². The third kappa shape index (κ3) is 3.57. The summed E-state index contributed by atoms with van der Waals surface area (Å²) in [4.78, 5) is 13.5. The Kier molecular flexibility index (Phi) is 4.90. The van der Waals surface area contributed by atoms with E-state index in [1.54, 1.807) is 25.3 Å². The highest BCUT2D eigenvalue weighted by atomic mass is 35.5. The second-order valence-electron chi connectivity index (χ2n) is 4.91. The zero-order valence-electron chi connectivity index (χ0n) is 12.4. The van der Waals surface area contributed by atoms with Crippen LogP contribution in [-0.2, 0) is 4.79 Å². The number of rotatable bonds is 4. The maximum absolute atomic E-state index is 11.9. The number of hydrogen-bond acceptors (Lipinski definition) is 4. The molecule has 1 unspecified atom stereocenters. The van der Waals surface area contributed by atoms with Gasteiger partial charge in [0.1, 0.15) is 6.33 Å². The third-order valence-electron chi connectivity index (χ3n) is 3.02. The van der Waals surface area contributed by atoms with Crippen LogP contribution in [0.2, 0.25) is 5.02 Å². The van der Waals surface area contributed by atoms with Gasteiger partial charge in [-0.1, -0.05) is 29.4 Å². The van der Waals surface area contributed by atoms with Crippen LogP contribution >= 0.6 is 23.4 Å². The second kappa shape index (κ2) is 6.49. The Morgan fingerprint density at radius 1 is 1.43 bits per heavy atom. The molecular weight excluding hydrogens is 308 g/mol. The monoisotopic (exact) mass is 324 g/mol. The summed E-state index contributed by atoms with van der Waals surface area (Å²) < 4.78 is 1.83. The molecule has 0 aliphatic carbocycles. The van der Waals surface area contributed by atoms with Crippen molar-refractivity contribution < 1.29 is 4.79 Å². The maximum Gasteiger partial charge on any atom is 0.235 e. The van der Waals surface area contributed by atoms with Crippen LogP contribution in [0.5, 0.6) is 0 Å². The van der Waals surface area contributed by atoms with Crippen molar-refractivity contribution in [2.45, 2.75) is 24.3 Å². The van der Waals surface area contributed by atoms with E-state index in [-0.39, 0.29) is 11.2 Å². The van der Waals surface area contributed by atoms with Gasteiger partial charge in [-0.15, -0.1) is 10.2 Å². The van der Waals surface area contributed by atoms with E-state index in [4.69, 9.17) is 11.6 Å². The lowest BCUT2D eigenvalue weighted by molar-refractivity contribution is -0.127. The molecule has 112 valence electrons. The van der Waals surface area contributed by atoms with Crippen LogP contribution in [0, 0.1) is 6.92 Å². The van der Waals surface area contributed by atoms with Gasteiger partial charge in [-0.2, -0.15) is 0 Å². The van der Waals surface area contributed by atoms with Gasteiger partial charge < -0.3 is 4.90 Å². The molecule has 2 aromatic rings. The van der Waals surface area contributed by atoms with Gasteiger partial charge in [0.2, 0.25) is 5.91 Å². The molecule has 0 saturated carbocycles. The van der Waals surface area contributed by atoms with Crippen LogP contribution < -0.4 is 0 Å². The van der Waals surface area contributed by atoms with Gasteiger partial charge in [-0.05, 0) is 31.5 Å². The van der Waals surface area contributed by atoms with E-state index in [0.717, 1.165) is 11.3 Å². The average Bonchev–Trinajstić information content (AvgIpc) is 2.89. The van der Waals surface area contributed by atoms with Crippen molar-refractivity contribution in [3.63, 3.8) is 0 Å². The number of aromatic nitrogens is 3. The molecular formula is C14H17ClN4OS. The summed E-state index contributed by atoms with van der Waals surface area (Å²) in [5, 5.41) is 9.14. The molecule has 2 rings (SSSR count). The Morgan fingerprint density at radius 2 is 2.14 bits per heavy atom. The molecule has 0 N–H and O–H groups in total. The van der Waals surface area contributed by atoms with Gasteiger partial charge >= 0.3 is 0 Å². The molecule has 1 atom stereocenters. The largest absolute Gasteiger partial charge is 0.348 e. The molecule has 0 aliphatic heterocycles. The smallest absolute Gasteiger partial charge is 0.235 e. The molecule has 5 nitrogen and oxygen atoms in total. The molecule has 1 aromatic carbocycles. The van der Waals surface area contributed by atoms with E-state index in [1.807, 2.05) is 36.6 Å². The van der Waals surface area contributed by atoms with Gasteiger partial charge in [0.05, 0.1) is 10.9 Å². The molecule has 0 fully saturated rings. The topological polar surface area (TPSA) is 51.0 Å². The van der Waals surface area contributed by atoms with E-state index in [0.29, 0.717) is 10.2 Å². The van der Waals surface area contributed by atoms with Crippen molar-refractivity contribution in [3.05, 3.63) is 35.1 Å². The van der Waals surface area contributed by atoms with E-state index in [1.165, 1.54) is 11.8 Å². The minimum Gasteiger partial charge on any atom is -0.348 e. The fourth-order valence-electron chi connectivity index (χ4n) is 1.79. The highest BCUT2D eigenvalue weighted by molar-refractivity contribution is 8.00. The van der Waals surface area contributed by atoms with Crippen LogP contribution in [0.25, 0.3) is 5.69 Å². The van der Waals surface area contributed by atoms with Crippen LogP contribution in [0.1, 0.15) is 12.5 Å². The van der Waals surface area contributed by atoms with Gasteiger partial charge in [0.15, 0.2) is 5.16 Å². The number of amides is 1. The molecule has 1 heterocycles. The van der Waals surface area contributed by atoms with Crippen molar-refractivity contribution in [2.24, 2.45) is 0 Å². The zero-order valence-corrected chi connectivity index (χ0v) is 13.9. The summed E-state index contributed by atoms with van der Waals surface area (Å²) in [6, 6.07) is 5.76. The van der Waals surface area contributed by atoms with Crippen LogP contribution in [-0.4, -0.2) is 44.9 Å². The predicted octanol–water partition coefficient (Wildman–Crippen LogP) is 2.80. The lowest BCUT2D eigenvalue weighted by Crippen LogP contribution is -2.29. The van der Waals surface area contributed by atoms with E-state index in [2.05, 4.69) is 10.2 Å². The normalized spacial score (nSPS) is 12.2. The Hall–Kier alpha value is -1.53. The SMILES string of the molecule is Cc1ccc(-n2cnnc2SC(C)C(=O)N(C)C)cc1Cl. The molecule has 0 bridgehead atoms. The molecule has 7 heteroatoms. The quantitative estimate of drug-likeness (QED) is 0.811. The number of benzene rings is 1. The fraction of sp³-hybridized carbons (Fsp3) is 0.357. The summed E-state index contributed by atoms with van der Waals surface area (Å²) in [6.07, 6.45) is 1.62. The van der Waals surface area contributed by atoms with Crippen molar-refractivity contribution in [2.75, 3.05) is 14.1 Å². The summed E-state index contributed by atoms with van der Waals surface area (Å²) in [5.41, 5.74) is 1.89. The Labute approximate surface area is 133 Å². The van der Waals surface area contributed by atoms with Gasteiger partial charge in [0, 0.05) is 19.1 Å². The third-order valence-corrected chi connectivity index (χ3v) is 4.47. The van der Waals surface area contributed by atoms with Gasteiger partial charge in [-0.3, -0.25) is 9.36 Å². The molecule has 0 saturated heterocycles. The molecule has 0 spiro atoms. The van der Waals surface area contributed by atoms with Gasteiger partial charge in [-0.25, -0.2) is 0 Å². The van der Waals surface area contributed by atoms with Crippen LogP contribution in [0.4, 0.5) is 0 Å². The summed E-state index contributed by atoms with van der Waals surface area (Å²) in [5.74, 6) is 0.0384. The summed E-state index contributed by atoms with van der Waals surface area (Å²) in [6.45, 7) is 3.81. The molecule has 21 heavy (non-hydrogen) atoms. The number of carbonyl (C=O) groups excluding carboxylic acids is 1. The second-order valence-corrected chi connectivity index (χ2v) is 6.62. The Morgan fingerprint density at radius 3 is 2.76 bits per heavy atom. The van der Waals surface area contributed by atoms with E-state index >= 15 is 0 Å². The zero-order chi connectivity index (χ0) is 15.6. The standard InChI is InChI=1S/C14H17ClN4OS/c1-9-5-6-11(7-12(9)15)19-8-16-17-14(19)21-10(2)13(20)18(3)4/h5-8,10H,1-4H3. The minimum absolute atomic E-state index is 0.0384. The highest BCUT2D eigenvalue weighted by Gasteiger charge is 2.19. The first kappa shape index (κ1) is 15.9. The Balaban J connectivity index is 2.26. The van der Waals surface area contributed by atoms with Crippen molar-refractivity contribution >= 4 is 29.3 Å². The summed E-state index contributed by atoms with van der Waals surface area (Å²) in [7, 11) is 3.48. The summed E-state index contributed by atoms with van der Waals surface area (Å²) >= 11 is 7.53. The average molecular weight is 325 g/mol. The Bertz CT molecular complexity index is 656. The fourth-order valence-corrected chi connectivity index (χ4v) is 2.95. The molecule has 1 aromatic heterocycles. The van der Waals surface area contributed by atoms with Crippen molar-refractivity contribution in [1.82, 2.24) is 19.7 Å². The first-order chi connectivity index (χ1) is 9.90. The molecule has 1 amide bonds. The number of halogens is 1. The first-order valence-electron chi connectivity index (χ1n) is 6.44. The number of carbonyl (C=O) groups is 1. The lowest BCUT2D eigenvalue weighted by Gasteiger charge is -2.16. The van der Waals surface area contributed by atoms with Gasteiger partial charge in [0.25, 0.3) is 0 Å². The van der Waals surface area contributed by atoms with E-state index in [9.17, 15) is 4.79 Å². The molecule has 0 aliphatic rings. The van der Waals surface area contributed by atoms with E-state index < -0.39 is 0 Å².